The molecule has 0 rings (SSSR count). The first kappa shape index (κ1) is 15.8. The van der Waals surface area contributed by atoms with E-state index in [9.17, 15) is 14.9 Å². The van der Waals surface area contributed by atoms with Crippen molar-refractivity contribution in [3.05, 3.63) is 10.1 Å². The summed E-state index contributed by atoms with van der Waals surface area (Å²) in [7, 11) is 4.08. The van der Waals surface area contributed by atoms with Crippen LogP contribution in [0.1, 0.15) is 19.8 Å². The van der Waals surface area contributed by atoms with Crippen molar-refractivity contribution in [2.45, 2.75) is 32.1 Å². The normalized spacial score (nSPS) is 14.4. The predicted octanol–water partition coefficient (Wildman–Crippen LogP) is 0.840. The Bertz CT molecular complexity index is 253. The van der Waals surface area contributed by atoms with Gasteiger partial charge in [0.05, 0.1) is 20.0 Å². The molecule has 0 saturated carbocycles. The fourth-order valence-corrected chi connectivity index (χ4v) is 1.49. The number of hydrogen-bond acceptors (Lipinski definition) is 6. The van der Waals surface area contributed by atoms with Crippen molar-refractivity contribution in [2.75, 3.05) is 21.3 Å². The average molecular weight is 249 g/mol. The number of methoxy groups -OCH3 is 3. The van der Waals surface area contributed by atoms with Crippen LogP contribution in [0.15, 0.2) is 0 Å². The van der Waals surface area contributed by atoms with Crippen molar-refractivity contribution in [3.8, 4) is 0 Å². The van der Waals surface area contributed by atoms with Gasteiger partial charge in [-0.25, -0.2) is 0 Å². The molecule has 0 aliphatic carbocycles. The SMILES string of the molecule is COC(=O)CC(C)C(CC(OC)OC)[N+](=O)[O-]. The van der Waals surface area contributed by atoms with Crippen LogP contribution in [0.3, 0.4) is 0 Å². The van der Waals surface area contributed by atoms with Gasteiger partial charge in [-0.2, -0.15) is 0 Å². The second-order valence-electron chi connectivity index (χ2n) is 3.75. The minimum atomic E-state index is -0.904. The highest BCUT2D eigenvalue weighted by Gasteiger charge is 2.32. The summed E-state index contributed by atoms with van der Waals surface area (Å²) in [5.74, 6) is -0.902. The van der Waals surface area contributed by atoms with Gasteiger partial charge in [-0.3, -0.25) is 14.9 Å². The molecule has 0 spiro atoms. The molecule has 0 aromatic rings. The number of carbonyl (C=O) groups is 1. The number of carbonyl (C=O) groups excluding carboxylic acids is 1. The Balaban J connectivity index is 4.50. The molecular weight excluding hydrogens is 230 g/mol. The Morgan fingerprint density at radius 1 is 1.29 bits per heavy atom. The Hall–Kier alpha value is -1.21. The smallest absolute Gasteiger partial charge is 0.306 e. The predicted molar refractivity (Wildman–Crippen MR) is 59.0 cm³/mol. The van der Waals surface area contributed by atoms with Gasteiger partial charge in [0.15, 0.2) is 6.29 Å². The topological polar surface area (TPSA) is 87.9 Å². The third kappa shape index (κ3) is 5.60. The van der Waals surface area contributed by atoms with Crippen LogP contribution in [-0.4, -0.2) is 44.6 Å². The summed E-state index contributed by atoms with van der Waals surface area (Å²) in [4.78, 5) is 21.6. The molecular formula is C10H19NO6. The van der Waals surface area contributed by atoms with E-state index in [1.54, 1.807) is 6.92 Å². The largest absolute Gasteiger partial charge is 0.469 e. The minimum Gasteiger partial charge on any atom is -0.469 e. The van der Waals surface area contributed by atoms with Crippen molar-refractivity contribution in [2.24, 2.45) is 5.92 Å². The summed E-state index contributed by atoms with van der Waals surface area (Å²) in [5.41, 5.74) is 0. The van der Waals surface area contributed by atoms with Crippen molar-refractivity contribution in [1.82, 2.24) is 0 Å². The maximum Gasteiger partial charge on any atom is 0.306 e. The van der Waals surface area contributed by atoms with E-state index >= 15 is 0 Å². The first-order valence-corrected chi connectivity index (χ1v) is 5.22. The number of rotatable bonds is 8. The zero-order valence-electron chi connectivity index (χ0n) is 10.5. The molecule has 17 heavy (non-hydrogen) atoms. The van der Waals surface area contributed by atoms with Crippen LogP contribution in [0.4, 0.5) is 0 Å². The second kappa shape index (κ2) is 7.97. The molecule has 0 heterocycles. The monoisotopic (exact) mass is 249 g/mol. The Morgan fingerprint density at radius 3 is 2.18 bits per heavy atom. The first-order valence-electron chi connectivity index (χ1n) is 5.22. The van der Waals surface area contributed by atoms with Crippen molar-refractivity contribution in [1.29, 1.82) is 0 Å². The third-order valence-corrected chi connectivity index (χ3v) is 2.60. The highest BCUT2D eigenvalue weighted by atomic mass is 16.7. The molecule has 0 saturated heterocycles. The number of nitro groups is 1. The van der Waals surface area contributed by atoms with E-state index < -0.39 is 29.1 Å². The zero-order chi connectivity index (χ0) is 13.4. The van der Waals surface area contributed by atoms with E-state index in [-0.39, 0.29) is 12.8 Å². The highest BCUT2D eigenvalue weighted by molar-refractivity contribution is 5.69. The van der Waals surface area contributed by atoms with Crippen molar-refractivity contribution < 1.29 is 23.9 Å². The molecule has 2 unspecified atom stereocenters. The lowest BCUT2D eigenvalue weighted by atomic mass is 9.96. The highest BCUT2D eigenvalue weighted by Crippen LogP contribution is 2.18. The summed E-state index contributed by atoms with van der Waals surface area (Å²) < 4.78 is 14.3. The number of ether oxygens (including phenoxy) is 3. The second-order valence-corrected chi connectivity index (χ2v) is 3.75. The molecule has 0 radical (unpaired) electrons. The van der Waals surface area contributed by atoms with Crippen LogP contribution in [0.5, 0.6) is 0 Å². The van der Waals surface area contributed by atoms with Gasteiger partial charge in [-0.15, -0.1) is 0 Å². The van der Waals surface area contributed by atoms with E-state index in [0.717, 1.165) is 0 Å². The standard InChI is InChI=1S/C10H19NO6/c1-7(5-9(12)15-2)8(11(13)14)6-10(16-3)17-4/h7-8,10H,5-6H2,1-4H3. The molecule has 7 heteroatoms. The lowest BCUT2D eigenvalue weighted by Crippen LogP contribution is -2.34. The molecule has 0 aromatic heterocycles. The zero-order valence-corrected chi connectivity index (χ0v) is 10.5. The molecule has 0 N–H and O–H groups in total. The summed E-state index contributed by atoms with van der Waals surface area (Å²) in [6.07, 6.45) is -0.550. The van der Waals surface area contributed by atoms with E-state index in [4.69, 9.17) is 9.47 Å². The summed E-state index contributed by atoms with van der Waals surface area (Å²) in [6, 6.07) is -0.904. The van der Waals surface area contributed by atoms with Crippen molar-refractivity contribution >= 4 is 5.97 Å². The maximum atomic E-state index is 11.1. The molecule has 0 bridgehead atoms. The van der Waals surface area contributed by atoms with Gasteiger partial charge >= 0.3 is 5.97 Å². The van der Waals surface area contributed by atoms with Gasteiger partial charge in [0.1, 0.15) is 0 Å². The van der Waals surface area contributed by atoms with Crippen molar-refractivity contribution in [3.63, 3.8) is 0 Å². The van der Waals surface area contributed by atoms with E-state index in [1.807, 2.05) is 0 Å². The van der Waals surface area contributed by atoms with Crippen LogP contribution in [0.25, 0.3) is 0 Å². The fourth-order valence-electron chi connectivity index (χ4n) is 1.49. The molecule has 7 nitrogen and oxygen atoms in total. The summed E-state index contributed by atoms with van der Waals surface area (Å²) in [6.45, 7) is 1.63. The van der Waals surface area contributed by atoms with Gasteiger partial charge in [0.2, 0.25) is 6.04 Å². The molecule has 2 atom stereocenters. The Morgan fingerprint density at radius 2 is 1.82 bits per heavy atom. The lowest BCUT2D eigenvalue weighted by Gasteiger charge is -2.20. The van der Waals surface area contributed by atoms with Crippen LogP contribution in [0.2, 0.25) is 0 Å². The molecule has 0 aromatic carbocycles. The average Bonchev–Trinajstić information content (AvgIpc) is 2.29. The van der Waals surface area contributed by atoms with Crippen LogP contribution in [0, 0.1) is 16.0 Å². The maximum absolute atomic E-state index is 11.1. The molecule has 0 fully saturated rings. The van der Waals surface area contributed by atoms with E-state index in [2.05, 4.69) is 4.74 Å². The third-order valence-electron chi connectivity index (χ3n) is 2.60. The van der Waals surface area contributed by atoms with Gasteiger partial charge < -0.3 is 14.2 Å². The number of esters is 1. The Labute approximate surface area is 100 Å². The summed E-state index contributed by atoms with van der Waals surface area (Å²) >= 11 is 0. The quantitative estimate of drug-likeness (QED) is 0.274. The molecule has 0 amide bonds. The van der Waals surface area contributed by atoms with E-state index in [1.165, 1.54) is 21.3 Å². The number of nitrogens with zero attached hydrogens (tertiary/aromatic N) is 1. The number of hydrogen-bond donors (Lipinski definition) is 0. The van der Waals surface area contributed by atoms with E-state index in [0.29, 0.717) is 0 Å². The van der Waals surface area contributed by atoms with Gasteiger partial charge in [0, 0.05) is 25.1 Å². The minimum absolute atomic E-state index is 0.00228. The molecule has 100 valence electrons. The Kier molecular flexibility index (Phi) is 7.40. The molecule has 0 aliphatic rings. The molecule has 0 aliphatic heterocycles. The van der Waals surface area contributed by atoms with Gasteiger partial charge in [-0.1, -0.05) is 6.92 Å². The van der Waals surface area contributed by atoms with Gasteiger partial charge in [0.25, 0.3) is 0 Å². The van der Waals surface area contributed by atoms with Gasteiger partial charge in [-0.05, 0) is 0 Å². The van der Waals surface area contributed by atoms with Crippen LogP contribution >= 0.6 is 0 Å². The summed E-state index contributed by atoms with van der Waals surface area (Å²) in [5, 5.41) is 10.9. The fraction of sp³-hybridized carbons (Fsp3) is 0.900. The van der Waals surface area contributed by atoms with Crippen LogP contribution < -0.4 is 0 Å². The first-order chi connectivity index (χ1) is 7.96. The lowest BCUT2D eigenvalue weighted by molar-refractivity contribution is -0.536. The van der Waals surface area contributed by atoms with Crippen LogP contribution in [-0.2, 0) is 19.0 Å².